The maximum absolute atomic E-state index is 12.2. The summed E-state index contributed by atoms with van der Waals surface area (Å²) < 4.78 is 5.57. The third-order valence-electron chi connectivity index (χ3n) is 3.13. The van der Waals surface area contributed by atoms with Crippen molar-refractivity contribution in [2.45, 2.75) is 20.0 Å². The standard InChI is InChI=1S/C17H15Cl2NO3/c1-10(21)12-5-3-6-13(9-12)23-11(2)17(22)20-16-14(18)7-4-8-15(16)19/h3-9,11H,1-2H3,(H,20,22)/t11-/m0/s1. The van der Waals surface area contributed by atoms with Crippen molar-refractivity contribution in [1.82, 2.24) is 0 Å². The maximum Gasteiger partial charge on any atom is 0.265 e. The summed E-state index contributed by atoms with van der Waals surface area (Å²) in [6, 6.07) is 11.6. The number of para-hydroxylation sites is 1. The van der Waals surface area contributed by atoms with Crippen LogP contribution in [-0.4, -0.2) is 17.8 Å². The molecular formula is C17H15Cl2NO3. The Balaban J connectivity index is 2.08. The van der Waals surface area contributed by atoms with E-state index in [0.717, 1.165) is 0 Å². The third-order valence-corrected chi connectivity index (χ3v) is 3.76. The molecule has 0 saturated carbocycles. The van der Waals surface area contributed by atoms with Gasteiger partial charge >= 0.3 is 0 Å². The van der Waals surface area contributed by atoms with Gasteiger partial charge in [0.1, 0.15) is 5.75 Å². The Morgan fingerprint density at radius 1 is 1.09 bits per heavy atom. The van der Waals surface area contributed by atoms with Gasteiger partial charge in [-0.3, -0.25) is 9.59 Å². The van der Waals surface area contributed by atoms with Crippen LogP contribution < -0.4 is 10.1 Å². The van der Waals surface area contributed by atoms with Crippen LogP contribution in [0, 0.1) is 0 Å². The second kappa shape index (κ2) is 7.49. The predicted octanol–water partition coefficient (Wildman–Crippen LogP) is 4.60. The summed E-state index contributed by atoms with van der Waals surface area (Å²) in [6.45, 7) is 3.06. The van der Waals surface area contributed by atoms with Gasteiger partial charge < -0.3 is 10.1 Å². The highest BCUT2D eigenvalue weighted by molar-refractivity contribution is 6.39. The summed E-state index contributed by atoms with van der Waals surface area (Å²) in [4.78, 5) is 23.6. The Bertz CT molecular complexity index is 726. The molecule has 0 fully saturated rings. The van der Waals surface area contributed by atoms with Gasteiger partial charge in [-0.15, -0.1) is 0 Å². The van der Waals surface area contributed by atoms with Crippen molar-refractivity contribution in [3.63, 3.8) is 0 Å². The van der Waals surface area contributed by atoms with Crippen molar-refractivity contribution in [2.24, 2.45) is 0 Å². The van der Waals surface area contributed by atoms with Crippen LogP contribution in [0.4, 0.5) is 5.69 Å². The molecule has 0 spiro atoms. The molecule has 0 aliphatic rings. The smallest absolute Gasteiger partial charge is 0.265 e. The van der Waals surface area contributed by atoms with Crippen molar-refractivity contribution in [1.29, 1.82) is 0 Å². The van der Waals surface area contributed by atoms with Crippen LogP contribution in [0.5, 0.6) is 5.75 Å². The van der Waals surface area contributed by atoms with Crippen LogP contribution >= 0.6 is 23.2 Å². The van der Waals surface area contributed by atoms with E-state index in [1.54, 1.807) is 49.4 Å². The Labute approximate surface area is 144 Å². The number of nitrogens with one attached hydrogen (secondary N) is 1. The van der Waals surface area contributed by atoms with Gasteiger partial charge in [-0.1, -0.05) is 41.4 Å². The van der Waals surface area contributed by atoms with E-state index < -0.39 is 12.0 Å². The molecule has 2 aromatic carbocycles. The first-order chi connectivity index (χ1) is 10.9. The van der Waals surface area contributed by atoms with Crippen LogP contribution in [0.3, 0.4) is 0 Å². The Hall–Kier alpha value is -2.04. The van der Waals surface area contributed by atoms with E-state index in [4.69, 9.17) is 27.9 Å². The zero-order chi connectivity index (χ0) is 17.0. The summed E-state index contributed by atoms with van der Waals surface area (Å²) in [7, 11) is 0. The van der Waals surface area contributed by atoms with E-state index in [2.05, 4.69) is 5.32 Å². The largest absolute Gasteiger partial charge is 0.481 e. The van der Waals surface area contributed by atoms with E-state index in [-0.39, 0.29) is 5.78 Å². The fourth-order valence-electron chi connectivity index (χ4n) is 1.89. The number of hydrogen-bond acceptors (Lipinski definition) is 3. The molecule has 120 valence electrons. The molecule has 0 aliphatic carbocycles. The number of rotatable bonds is 5. The fraction of sp³-hybridized carbons (Fsp3) is 0.176. The highest BCUT2D eigenvalue weighted by atomic mass is 35.5. The van der Waals surface area contributed by atoms with E-state index in [0.29, 0.717) is 27.0 Å². The lowest BCUT2D eigenvalue weighted by Crippen LogP contribution is -2.30. The molecule has 0 unspecified atom stereocenters. The van der Waals surface area contributed by atoms with Crippen molar-refractivity contribution >= 4 is 40.6 Å². The first kappa shape index (κ1) is 17.3. The van der Waals surface area contributed by atoms with Gasteiger partial charge in [-0.2, -0.15) is 0 Å². The first-order valence-corrected chi connectivity index (χ1v) is 7.66. The number of carbonyl (C=O) groups is 2. The molecule has 6 heteroatoms. The number of amides is 1. The minimum Gasteiger partial charge on any atom is -0.481 e. The lowest BCUT2D eigenvalue weighted by molar-refractivity contribution is -0.122. The minimum atomic E-state index is -0.787. The van der Waals surface area contributed by atoms with E-state index in [9.17, 15) is 9.59 Å². The molecule has 4 nitrogen and oxygen atoms in total. The van der Waals surface area contributed by atoms with Gasteiger partial charge in [-0.25, -0.2) is 0 Å². The molecule has 1 atom stereocenters. The van der Waals surface area contributed by atoms with Crippen LogP contribution in [-0.2, 0) is 4.79 Å². The Kier molecular flexibility index (Phi) is 5.64. The zero-order valence-electron chi connectivity index (χ0n) is 12.6. The number of carbonyl (C=O) groups excluding carboxylic acids is 2. The second-order valence-corrected chi connectivity index (χ2v) is 5.74. The van der Waals surface area contributed by atoms with Gasteiger partial charge in [0.05, 0.1) is 15.7 Å². The van der Waals surface area contributed by atoms with Crippen molar-refractivity contribution in [3.05, 3.63) is 58.1 Å². The summed E-state index contributed by atoms with van der Waals surface area (Å²) in [5, 5.41) is 3.33. The molecular weight excluding hydrogens is 337 g/mol. The summed E-state index contributed by atoms with van der Waals surface area (Å²) >= 11 is 12.0. The number of ketones is 1. The van der Waals surface area contributed by atoms with E-state index in [1.165, 1.54) is 6.92 Å². The normalized spacial score (nSPS) is 11.7. The van der Waals surface area contributed by atoms with E-state index in [1.807, 2.05) is 0 Å². The molecule has 0 saturated heterocycles. The Morgan fingerprint density at radius 3 is 2.30 bits per heavy atom. The number of hydrogen-bond donors (Lipinski definition) is 1. The van der Waals surface area contributed by atoms with Gasteiger partial charge in [0.15, 0.2) is 11.9 Å². The summed E-state index contributed by atoms with van der Waals surface area (Å²) in [6.07, 6.45) is -0.787. The molecule has 1 amide bonds. The zero-order valence-corrected chi connectivity index (χ0v) is 14.1. The lowest BCUT2D eigenvalue weighted by atomic mass is 10.1. The molecule has 1 N–H and O–H groups in total. The third kappa shape index (κ3) is 4.47. The van der Waals surface area contributed by atoms with Gasteiger partial charge in [0.25, 0.3) is 5.91 Å². The average molecular weight is 352 g/mol. The molecule has 0 aliphatic heterocycles. The monoisotopic (exact) mass is 351 g/mol. The predicted molar refractivity (Wildman–Crippen MR) is 91.6 cm³/mol. The summed E-state index contributed by atoms with van der Waals surface area (Å²) in [5.74, 6) is -0.0331. The number of benzene rings is 2. The maximum atomic E-state index is 12.2. The molecule has 0 radical (unpaired) electrons. The molecule has 0 aromatic heterocycles. The highest BCUT2D eigenvalue weighted by Gasteiger charge is 2.18. The number of Topliss-reactive ketones (excluding diaryl/α,β-unsaturated/α-hetero) is 1. The molecule has 2 rings (SSSR count). The van der Waals surface area contributed by atoms with Crippen molar-refractivity contribution < 1.29 is 14.3 Å². The topological polar surface area (TPSA) is 55.4 Å². The van der Waals surface area contributed by atoms with Crippen LogP contribution in [0.1, 0.15) is 24.2 Å². The molecule has 0 bridgehead atoms. The number of halogens is 2. The Morgan fingerprint density at radius 2 is 1.70 bits per heavy atom. The first-order valence-electron chi connectivity index (χ1n) is 6.91. The number of anilines is 1. The van der Waals surface area contributed by atoms with Crippen LogP contribution in [0.15, 0.2) is 42.5 Å². The van der Waals surface area contributed by atoms with E-state index >= 15 is 0 Å². The van der Waals surface area contributed by atoms with Crippen molar-refractivity contribution in [2.75, 3.05) is 5.32 Å². The minimum absolute atomic E-state index is 0.0737. The van der Waals surface area contributed by atoms with Crippen LogP contribution in [0.2, 0.25) is 10.0 Å². The van der Waals surface area contributed by atoms with Gasteiger partial charge in [0, 0.05) is 5.56 Å². The van der Waals surface area contributed by atoms with Gasteiger partial charge in [0.2, 0.25) is 0 Å². The fourth-order valence-corrected chi connectivity index (χ4v) is 2.38. The molecule has 23 heavy (non-hydrogen) atoms. The van der Waals surface area contributed by atoms with Crippen molar-refractivity contribution in [3.8, 4) is 5.75 Å². The summed E-state index contributed by atoms with van der Waals surface area (Å²) in [5.41, 5.74) is 0.859. The lowest BCUT2D eigenvalue weighted by Gasteiger charge is -2.16. The second-order valence-electron chi connectivity index (χ2n) is 4.93. The molecule has 0 heterocycles. The quantitative estimate of drug-likeness (QED) is 0.800. The van der Waals surface area contributed by atoms with Crippen LogP contribution in [0.25, 0.3) is 0 Å². The number of ether oxygens (including phenoxy) is 1. The SMILES string of the molecule is CC(=O)c1cccc(O[C@@H](C)C(=O)Nc2c(Cl)cccc2Cl)c1. The average Bonchev–Trinajstić information content (AvgIpc) is 2.51. The highest BCUT2D eigenvalue weighted by Crippen LogP contribution is 2.30. The molecule has 2 aromatic rings. The van der Waals surface area contributed by atoms with Gasteiger partial charge in [-0.05, 0) is 38.1 Å².